The summed E-state index contributed by atoms with van der Waals surface area (Å²) < 4.78 is 27.4. The van der Waals surface area contributed by atoms with Crippen molar-refractivity contribution in [3.05, 3.63) is 22.7 Å². The lowest BCUT2D eigenvalue weighted by Crippen LogP contribution is -2.63. The zero-order chi connectivity index (χ0) is 16.0. The molecule has 0 saturated carbocycles. The van der Waals surface area contributed by atoms with E-state index < -0.39 is 15.6 Å². The molecule has 8 heteroatoms. The van der Waals surface area contributed by atoms with E-state index in [4.69, 9.17) is 5.73 Å². The quantitative estimate of drug-likeness (QED) is 0.788. The first kappa shape index (κ1) is 16.3. The van der Waals surface area contributed by atoms with E-state index in [1.54, 1.807) is 25.8 Å². The van der Waals surface area contributed by atoms with E-state index in [9.17, 15) is 13.2 Å². The molecule has 1 aliphatic rings. The van der Waals surface area contributed by atoms with Crippen molar-refractivity contribution in [2.45, 2.75) is 24.3 Å². The number of sulfonamides is 1. The number of amides is 1. The number of nitrogen functional groups attached to an aromatic ring is 1. The van der Waals surface area contributed by atoms with E-state index in [1.807, 2.05) is 0 Å². The van der Waals surface area contributed by atoms with Crippen LogP contribution in [0.25, 0.3) is 0 Å². The Morgan fingerprint density at radius 1 is 1.29 bits per heavy atom. The lowest BCUT2D eigenvalue weighted by molar-refractivity contribution is -0.142. The molecule has 116 valence electrons. The Bertz CT molecular complexity index is 688. The SMILES string of the molecule is CN1CCN(S(=O)(=O)c2ccc(N)cc2Br)C(C)(C)C1=O. The van der Waals surface area contributed by atoms with E-state index in [-0.39, 0.29) is 17.3 Å². The molecule has 1 aliphatic heterocycles. The molecule has 1 aromatic carbocycles. The third-order valence-electron chi connectivity index (χ3n) is 3.66. The zero-order valence-electron chi connectivity index (χ0n) is 12.1. The number of nitrogens with zero attached hydrogens (tertiary/aromatic N) is 2. The summed E-state index contributed by atoms with van der Waals surface area (Å²) in [5, 5.41) is 0. The maximum absolute atomic E-state index is 12.9. The molecule has 2 N–H and O–H groups in total. The molecule has 0 bridgehead atoms. The minimum atomic E-state index is -3.79. The predicted octanol–water partition coefficient (Wildman–Crippen LogP) is 1.27. The number of anilines is 1. The summed E-state index contributed by atoms with van der Waals surface area (Å²) in [7, 11) is -2.12. The Morgan fingerprint density at radius 3 is 2.48 bits per heavy atom. The molecule has 0 atom stereocenters. The number of nitrogens with two attached hydrogens (primary N) is 1. The second-order valence-electron chi connectivity index (χ2n) is 5.55. The predicted molar refractivity (Wildman–Crippen MR) is 84.2 cm³/mol. The molecule has 1 saturated heterocycles. The molecule has 2 rings (SSSR count). The molecule has 0 spiro atoms. The standard InChI is InChI=1S/C13H18BrN3O3S/c1-13(2)12(18)16(3)6-7-17(13)21(19,20)11-5-4-9(15)8-10(11)14/h4-5,8H,6-7,15H2,1-3H3. The Hall–Kier alpha value is -1.12. The molecule has 0 aromatic heterocycles. The zero-order valence-corrected chi connectivity index (χ0v) is 14.5. The van der Waals surface area contributed by atoms with Crippen molar-refractivity contribution in [1.82, 2.24) is 9.21 Å². The summed E-state index contributed by atoms with van der Waals surface area (Å²) in [5.41, 5.74) is 4.99. The molecule has 0 aliphatic carbocycles. The monoisotopic (exact) mass is 375 g/mol. The minimum Gasteiger partial charge on any atom is -0.399 e. The fraction of sp³-hybridized carbons (Fsp3) is 0.462. The van der Waals surface area contributed by atoms with Crippen LogP contribution >= 0.6 is 15.9 Å². The van der Waals surface area contributed by atoms with Crippen LogP contribution in [0.4, 0.5) is 5.69 Å². The van der Waals surface area contributed by atoms with Crippen molar-refractivity contribution in [3.8, 4) is 0 Å². The van der Waals surface area contributed by atoms with Crippen LogP contribution in [0.1, 0.15) is 13.8 Å². The van der Waals surface area contributed by atoms with Gasteiger partial charge in [-0.1, -0.05) is 0 Å². The average molecular weight is 376 g/mol. The Labute approximate surface area is 133 Å². The highest BCUT2D eigenvalue weighted by Crippen LogP contribution is 2.33. The first-order valence-corrected chi connectivity index (χ1v) is 8.65. The van der Waals surface area contributed by atoms with E-state index in [0.717, 1.165) is 0 Å². The number of carbonyl (C=O) groups excluding carboxylic acids is 1. The van der Waals surface area contributed by atoms with Crippen LogP contribution in [-0.2, 0) is 14.8 Å². The number of halogens is 1. The van der Waals surface area contributed by atoms with Gasteiger partial charge in [-0.3, -0.25) is 4.79 Å². The number of hydrogen-bond acceptors (Lipinski definition) is 4. The molecule has 21 heavy (non-hydrogen) atoms. The maximum atomic E-state index is 12.9. The molecule has 1 amide bonds. The van der Waals surface area contributed by atoms with Gasteiger partial charge in [0.2, 0.25) is 15.9 Å². The van der Waals surface area contributed by atoms with Crippen LogP contribution in [-0.4, -0.2) is 49.2 Å². The fourth-order valence-corrected chi connectivity index (χ4v) is 5.26. The van der Waals surface area contributed by atoms with Crippen molar-refractivity contribution in [3.63, 3.8) is 0 Å². The summed E-state index contributed by atoms with van der Waals surface area (Å²) in [4.78, 5) is 13.9. The smallest absolute Gasteiger partial charge is 0.245 e. The van der Waals surface area contributed by atoms with Crippen LogP contribution in [0.3, 0.4) is 0 Å². The summed E-state index contributed by atoms with van der Waals surface area (Å²) in [6, 6.07) is 4.52. The van der Waals surface area contributed by atoms with Gasteiger partial charge in [0.15, 0.2) is 0 Å². The van der Waals surface area contributed by atoms with Gasteiger partial charge in [0.25, 0.3) is 0 Å². The van der Waals surface area contributed by atoms with Crippen molar-refractivity contribution < 1.29 is 13.2 Å². The van der Waals surface area contributed by atoms with Gasteiger partial charge in [0.1, 0.15) is 5.54 Å². The summed E-state index contributed by atoms with van der Waals surface area (Å²) in [6.07, 6.45) is 0. The lowest BCUT2D eigenvalue weighted by atomic mass is 10.0. The van der Waals surface area contributed by atoms with Gasteiger partial charge in [-0.15, -0.1) is 0 Å². The molecule has 1 aromatic rings. The molecule has 0 unspecified atom stereocenters. The van der Waals surface area contributed by atoms with Crippen LogP contribution in [0.5, 0.6) is 0 Å². The lowest BCUT2D eigenvalue weighted by Gasteiger charge is -2.43. The highest BCUT2D eigenvalue weighted by Gasteiger charge is 2.47. The molecule has 0 radical (unpaired) electrons. The second kappa shape index (κ2) is 5.26. The number of carbonyl (C=O) groups is 1. The van der Waals surface area contributed by atoms with Gasteiger partial charge in [0, 0.05) is 30.3 Å². The molecule has 1 fully saturated rings. The topological polar surface area (TPSA) is 83.7 Å². The van der Waals surface area contributed by atoms with E-state index >= 15 is 0 Å². The first-order valence-electron chi connectivity index (χ1n) is 6.42. The number of rotatable bonds is 2. The van der Waals surface area contributed by atoms with Crippen LogP contribution in [0.2, 0.25) is 0 Å². The average Bonchev–Trinajstić information content (AvgIpc) is 2.35. The normalized spacial score (nSPS) is 19.8. The molecule has 6 nitrogen and oxygen atoms in total. The van der Waals surface area contributed by atoms with Crippen LogP contribution in [0.15, 0.2) is 27.6 Å². The van der Waals surface area contributed by atoms with Crippen molar-refractivity contribution in [2.24, 2.45) is 0 Å². The van der Waals surface area contributed by atoms with Crippen molar-refractivity contribution >= 4 is 37.5 Å². The van der Waals surface area contributed by atoms with E-state index in [1.165, 1.54) is 22.5 Å². The third-order valence-corrected chi connectivity index (χ3v) is 6.71. The third kappa shape index (κ3) is 2.67. The van der Waals surface area contributed by atoms with Crippen LogP contribution < -0.4 is 5.73 Å². The highest BCUT2D eigenvalue weighted by molar-refractivity contribution is 9.10. The number of piperazine rings is 1. The number of likely N-dealkylation sites (N-methyl/N-ethyl adjacent to an activating group) is 1. The summed E-state index contributed by atoms with van der Waals surface area (Å²) >= 11 is 3.23. The molecular formula is C13H18BrN3O3S. The summed E-state index contributed by atoms with van der Waals surface area (Å²) in [5.74, 6) is -0.219. The minimum absolute atomic E-state index is 0.113. The van der Waals surface area contributed by atoms with Gasteiger partial charge < -0.3 is 10.6 Å². The number of hydrogen-bond donors (Lipinski definition) is 1. The van der Waals surface area contributed by atoms with Gasteiger partial charge in [-0.25, -0.2) is 8.42 Å². The molecule has 1 heterocycles. The highest BCUT2D eigenvalue weighted by atomic mass is 79.9. The Morgan fingerprint density at radius 2 is 1.90 bits per heavy atom. The maximum Gasteiger partial charge on any atom is 0.245 e. The fourth-order valence-electron chi connectivity index (χ4n) is 2.46. The van der Waals surface area contributed by atoms with E-state index in [2.05, 4.69) is 15.9 Å². The van der Waals surface area contributed by atoms with Crippen molar-refractivity contribution in [1.29, 1.82) is 0 Å². The Balaban J connectivity index is 2.51. The summed E-state index contributed by atoms with van der Waals surface area (Å²) in [6.45, 7) is 3.87. The first-order chi connectivity index (χ1) is 9.58. The van der Waals surface area contributed by atoms with Gasteiger partial charge in [-0.2, -0.15) is 4.31 Å². The van der Waals surface area contributed by atoms with E-state index in [0.29, 0.717) is 16.7 Å². The van der Waals surface area contributed by atoms with Crippen molar-refractivity contribution in [2.75, 3.05) is 25.9 Å². The second-order valence-corrected chi connectivity index (χ2v) is 8.24. The largest absolute Gasteiger partial charge is 0.399 e. The Kier molecular flexibility index (Phi) is 4.07. The number of benzene rings is 1. The molecular weight excluding hydrogens is 358 g/mol. The van der Waals surface area contributed by atoms with Crippen LogP contribution in [0, 0.1) is 0 Å². The van der Waals surface area contributed by atoms with Gasteiger partial charge >= 0.3 is 0 Å². The van der Waals surface area contributed by atoms with Gasteiger partial charge in [0.05, 0.1) is 4.90 Å². The van der Waals surface area contributed by atoms with Gasteiger partial charge in [-0.05, 0) is 48.0 Å².